The zero-order chi connectivity index (χ0) is 14.5. The highest BCUT2D eigenvalue weighted by atomic mass is 32.2. The molecule has 0 bridgehead atoms. The van der Waals surface area contributed by atoms with Crippen LogP contribution in [0.1, 0.15) is 0 Å². The molecular weight excluding hydrogens is 270 g/mol. The number of nitrogens with one attached hydrogen (secondary N) is 1. The average molecular weight is 289 g/mol. The topological polar surface area (TPSA) is 116 Å². The van der Waals surface area contributed by atoms with Crippen LogP contribution >= 0.6 is 0 Å². The number of aliphatic hydroxyl groups is 2. The Balaban J connectivity index is 3.11. The lowest BCUT2D eigenvalue weighted by Crippen LogP contribution is -2.30. The van der Waals surface area contributed by atoms with Crippen LogP contribution in [0.3, 0.4) is 0 Å². The minimum atomic E-state index is -3.59. The predicted molar refractivity (Wildman–Crippen MR) is 73.5 cm³/mol. The van der Waals surface area contributed by atoms with Crippen molar-refractivity contribution in [2.45, 2.75) is 4.90 Å². The van der Waals surface area contributed by atoms with E-state index in [4.69, 9.17) is 15.9 Å². The van der Waals surface area contributed by atoms with Crippen LogP contribution in [0.2, 0.25) is 0 Å². The Morgan fingerprint density at radius 2 is 1.84 bits per heavy atom. The molecule has 0 aliphatic heterocycles. The quantitative estimate of drug-likeness (QED) is 0.477. The van der Waals surface area contributed by atoms with Crippen molar-refractivity contribution in [3.8, 4) is 0 Å². The van der Waals surface area contributed by atoms with Gasteiger partial charge in [0.25, 0.3) is 0 Å². The van der Waals surface area contributed by atoms with Crippen LogP contribution in [0.15, 0.2) is 23.1 Å². The summed E-state index contributed by atoms with van der Waals surface area (Å²) in [6, 6.07) is 4.50. The number of aliphatic hydroxyl groups excluding tert-OH is 2. The van der Waals surface area contributed by atoms with E-state index in [0.717, 1.165) is 0 Å². The molecule has 0 aromatic heterocycles. The van der Waals surface area contributed by atoms with Crippen LogP contribution < -0.4 is 15.4 Å². The number of nitrogens with zero attached hydrogens (tertiary/aromatic N) is 1. The molecule has 0 radical (unpaired) electrons. The summed E-state index contributed by atoms with van der Waals surface area (Å²) in [5.74, 6) is 0. The molecule has 0 fully saturated rings. The van der Waals surface area contributed by atoms with E-state index in [0.29, 0.717) is 18.8 Å². The Kier molecular flexibility index (Phi) is 5.55. The molecule has 0 atom stereocenters. The molecule has 0 amide bonds. The fourth-order valence-corrected chi connectivity index (χ4v) is 2.53. The van der Waals surface area contributed by atoms with Crippen LogP contribution in [-0.4, -0.2) is 52.0 Å². The predicted octanol–water partition coefficient (Wildman–Crippen LogP) is -1.03. The van der Waals surface area contributed by atoms with Crippen LogP contribution in [0.4, 0.5) is 11.4 Å². The van der Waals surface area contributed by atoms with Gasteiger partial charge in [0.15, 0.2) is 0 Å². The number of sulfonamides is 1. The standard InChI is InChI=1S/C11H19N3O4S/c1-13-19(17,18)11-3-2-9(8-10(11)12)14(4-6-15)5-7-16/h2-3,8,13,15-16H,4-7,12H2,1H3. The highest BCUT2D eigenvalue weighted by molar-refractivity contribution is 7.89. The van der Waals surface area contributed by atoms with Crippen molar-refractivity contribution >= 4 is 21.4 Å². The Labute approximate surface area is 112 Å². The summed E-state index contributed by atoms with van der Waals surface area (Å²) in [5.41, 5.74) is 6.51. The Bertz CT molecular complexity index is 513. The average Bonchev–Trinajstić information content (AvgIpc) is 2.38. The second kappa shape index (κ2) is 6.71. The van der Waals surface area contributed by atoms with Gasteiger partial charge in [-0.25, -0.2) is 13.1 Å². The molecule has 0 spiro atoms. The number of nitrogens with two attached hydrogens (primary N) is 1. The lowest BCUT2D eigenvalue weighted by atomic mass is 10.2. The second-order valence-electron chi connectivity index (χ2n) is 3.86. The maximum absolute atomic E-state index is 11.7. The minimum absolute atomic E-state index is 0.00620. The van der Waals surface area contributed by atoms with Crippen molar-refractivity contribution in [1.29, 1.82) is 0 Å². The van der Waals surface area contributed by atoms with Crippen molar-refractivity contribution in [2.75, 3.05) is 44.0 Å². The largest absolute Gasteiger partial charge is 0.398 e. The second-order valence-corrected chi connectivity index (χ2v) is 5.72. The number of anilines is 2. The lowest BCUT2D eigenvalue weighted by molar-refractivity contribution is 0.281. The summed E-state index contributed by atoms with van der Waals surface area (Å²) in [4.78, 5) is 1.72. The van der Waals surface area contributed by atoms with Gasteiger partial charge in [-0.15, -0.1) is 0 Å². The first kappa shape index (κ1) is 15.7. The molecule has 19 heavy (non-hydrogen) atoms. The van der Waals surface area contributed by atoms with E-state index in [2.05, 4.69) is 4.72 Å². The Hall–Kier alpha value is -1.35. The highest BCUT2D eigenvalue weighted by Gasteiger charge is 2.16. The molecule has 7 nitrogen and oxygen atoms in total. The fraction of sp³-hybridized carbons (Fsp3) is 0.455. The Morgan fingerprint density at radius 1 is 1.26 bits per heavy atom. The number of nitrogen functional groups attached to an aromatic ring is 1. The summed E-state index contributed by atoms with van der Waals surface area (Å²) in [6.07, 6.45) is 0. The highest BCUT2D eigenvalue weighted by Crippen LogP contribution is 2.24. The van der Waals surface area contributed by atoms with Crippen LogP contribution in [0, 0.1) is 0 Å². The normalized spacial score (nSPS) is 11.5. The van der Waals surface area contributed by atoms with Crippen LogP contribution in [0.5, 0.6) is 0 Å². The molecule has 0 saturated heterocycles. The third kappa shape index (κ3) is 3.80. The first-order valence-electron chi connectivity index (χ1n) is 5.76. The van der Waals surface area contributed by atoms with Gasteiger partial charge in [0.05, 0.1) is 18.9 Å². The van der Waals surface area contributed by atoms with Gasteiger partial charge >= 0.3 is 0 Å². The number of benzene rings is 1. The van der Waals surface area contributed by atoms with Gasteiger partial charge in [0, 0.05) is 18.8 Å². The van der Waals surface area contributed by atoms with Gasteiger partial charge in [-0.2, -0.15) is 0 Å². The molecule has 0 heterocycles. The zero-order valence-corrected chi connectivity index (χ0v) is 11.5. The molecule has 5 N–H and O–H groups in total. The number of hydrogen-bond donors (Lipinski definition) is 4. The number of rotatable bonds is 7. The first-order valence-corrected chi connectivity index (χ1v) is 7.24. The summed E-state index contributed by atoms with van der Waals surface area (Å²) in [5, 5.41) is 17.9. The van der Waals surface area contributed by atoms with Crippen molar-refractivity contribution in [3.63, 3.8) is 0 Å². The molecular formula is C11H19N3O4S. The third-order valence-corrected chi connectivity index (χ3v) is 4.14. The van der Waals surface area contributed by atoms with Crippen LogP contribution in [-0.2, 0) is 10.0 Å². The van der Waals surface area contributed by atoms with E-state index in [1.807, 2.05) is 0 Å². The molecule has 1 aromatic rings. The van der Waals surface area contributed by atoms with Gasteiger partial charge < -0.3 is 20.8 Å². The van der Waals surface area contributed by atoms with E-state index in [9.17, 15) is 8.42 Å². The Morgan fingerprint density at radius 3 is 2.26 bits per heavy atom. The van der Waals surface area contributed by atoms with Gasteiger partial charge in [-0.3, -0.25) is 0 Å². The molecule has 1 rings (SSSR count). The lowest BCUT2D eigenvalue weighted by Gasteiger charge is -2.23. The van der Waals surface area contributed by atoms with Gasteiger partial charge in [-0.05, 0) is 25.2 Å². The van der Waals surface area contributed by atoms with Crippen molar-refractivity contribution in [3.05, 3.63) is 18.2 Å². The summed E-state index contributed by atoms with van der Waals surface area (Å²) in [7, 11) is -2.28. The van der Waals surface area contributed by atoms with Crippen LogP contribution in [0.25, 0.3) is 0 Å². The molecule has 0 unspecified atom stereocenters. The van der Waals surface area contributed by atoms with Crippen molar-refractivity contribution in [1.82, 2.24) is 4.72 Å². The van der Waals surface area contributed by atoms with E-state index in [-0.39, 0.29) is 23.8 Å². The molecule has 0 saturated carbocycles. The van der Waals surface area contributed by atoms with Gasteiger partial charge in [-0.1, -0.05) is 0 Å². The maximum Gasteiger partial charge on any atom is 0.242 e. The molecule has 0 aliphatic carbocycles. The summed E-state index contributed by atoms with van der Waals surface area (Å²) in [6.45, 7) is 0.517. The zero-order valence-electron chi connectivity index (χ0n) is 10.7. The summed E-state index contributed by atoms with van der Waals surface area (Å²) >= 11 is 0. The SMILES string of the molecule is CNS(=O)(=O)c1ccc(N(CCO)CCO)cc1N. The molecule has 0 aliphatic rings. The van der Waals surface area contributed by atoms with Crippen molar-refractivity contribution in [2.24, 2.45) is 0 Å². The smallest absolute Gasteiger partial charge is 0.242 e. The van der Waals surface area contributed by atoms with Crippen molar-refractivity contribution < 1.29 is 18.6 Å². The van der Waals surface area contributed by atoms with Gasteiger partial charge in [0.1, 0.15) is 4.90 Å². The monoisotopic (exact) mass is 289 g/mol. The summed E-state index contributed by atoms with van der Waals surface area (Å²) < 4.78 is 25.5. The van der Waals surface area contributed by atoms with E-state index in [1.54, 1.807) is 11.0 Å². The number of hydrogen-bond acceptors (Lipinski definition) is 6. The third-order valence-electron chi connectivity index (χ3n) is 2.66. The van der Waals surface area contributed by atoms with E-state index < -0.39 is 10.0 Å². The molecule has 1 aromatic carbocycles. The fourth-order valence-electron chi connectivity index (χ4n) is 1.70. The van der Waals surface area contributed by atoms with Gasteiger partial charge in [0.2, 0.25) is 10.0 Å². The minimum Gasteiger partial charge on any atom is -0.398 e. The first-order chi connectivity index (χ1) is 8.96. The van der Waals surface area contributed by atoms with E-state index >= 15 is 0 Å². The maximum atomic E-state index is 11.7. The van der Waals surface area contributed by atoms with E-state index in [1.165, 1.54) is 19.2 Å². The molecule has 108 valence electrons. The molecule has 8 heteroatoms.